The highest BCUT2D eigenvalue weighted by Gasteiger charge is 2.30. The SMILES string of the molecule is CSCCC(NC(=O)C(Cc1ccccc1)NC(=O)C(CCCN=C(N)N)NC(=O)C(N)Cc1ccccc1)C(=O)O. The molecule has 0 aliphatic heterocycles. The van der Waals surface area contributed by atoms with Crippen molar-refractivity contribution < 1.29 is 24.3 Å². The van der Waals surface area contributed by atoms with E-state index >= 15 is 0 Å². The second kappa shape index (κ2) is 18.4. The van der Waals surface area contributed by atoms with Crippen LogP contribution < -0.4 is 33.2 Å². The van der Waals surface area contributed by atoms with Crippen LogP contribution in [0.25, 0.3) is 0 Å². The molecule has 0 aromatic heterocycles. The molecule has 42 heavy (non-hydrogen) atoms. The molecule has 2 aromatic carbocycles. The third-order valence-electron chi connectivity index (χ3n) is 6.35. The average molecular weight is 600 g/mol. The number of carboxylic acids is 1. The standard InChI is InChI=1S/C29H41N7O5S/c1-42-16-14-23(28(40)41)35-27(39)24(18-20-11-6-3-7-12-20)36-26(38)22(13-8-15-33-29(31)32)34-25(37)21(30)17-19-9-4-2-5-10-19/h2-7,9-12,21-24H,8,13-18,30H2,1H3,(H,34,37)(H,35,39)(H,36,38)(H,40,41)(H4,31,32,33). The summed E-state index contributed by atoms with van der Waals surface area (Å²) >= 11 is 1.46. The number of nitrogens with one attached hydrogen (secondary N) is 3. The van der Waals surface area contributed by atoms with Gasteiger partial charge in [0.25, 0.3) is 0 Å². The number of amides is 3. The predicted molar refractivity (Wildman–Crippen MR) is 165 cm³/mol. The number of nitrogens with two attached hydrogens (primary N) is 3. The number of aliphatic carboxylic acids is 1. The van der Waals surface area contributed by atoms with E-state index < -0.39 is 47.9 Å². The molecule has 0 radical (unpaired) electrons. The Labute approximate surface area is 250 Å². The van der Waals surface area contributed by atoms with Gasteiger partial charge in [0, 0.05) is 13.0 Å². The molecule has 3 amide bonds. The summed E-state index contributed by atoms with van der Waals surface area (Å²) < 4.78 is 0. The number of benzene rings is 2. The molecule has 228 valence electrons. The molecule has 0 fully saturated rings. The van der Waals surface area contributed by atoms with E-state index in [0.717, 1.165) is 11.1 Å². The molecule has 10 N–H and O–H groups in total. The van der Waals surface area contributed by atoms with Gasteiger partial charge in [-0.15, -0.1) is 0 Å². The van der Waals surface area contributed by atoms with Crippen molar-refractivity contribution >= 4 is 41.4 Å². The first-order valence-electron chi connectivity index (χ1n) is 13.6. The highest BCUT2D eigenvalue weighted by molar-refractivity contribution is 7.98. The third kappa shape index (κ3) is 12.6. The van der Waals surface area contributed by atoms with Gasteiger partial charge < -0.3 is 38.3 Å². The first-order valence-corrected chi connectivity index (χ1v) is 15.0. The van der Waals surface area contributed by atoms with Crippen molar-refractivity contribution in [3.8, 4) is 0 Å². The summed E-state index contributed by atoms with van der Waals surface area (Å²) in [5.41, 5.74) is 18.6. The number of aliphatic imine (C=N–C) groups is 1. The number of rotatable bonds is 18. The van der Waals surface area contributed by atoms with Gasteiger partial charge in [-0.05, 0) is 48.8 Å². The summed E-state index contributed by atoms with van der Waals surface area (Å²) in [5, 5.41) is 17.6. The molecule has 12 nitrogen and oxygen atoms in total. The number of carbonyl (C=O) groups is 4. The summed E-state index contributed by atoms with van der Waals surface area (Å²) in [5.74, 6) is -2.54. The molecule has 0 heterocycles. The van der Waals surface area contributed by atoms with Crippen LogP contribution >= 0.6 is 11.8 Å². The van der Waals surface area contributed by atoms with Crippen LogP contribution in [-0.2, 0) is 32.0 Å². The van der Waals surface area contributed by atoms with Crippen LogP contribution in [0.2, 0.25) is 0 Å². The van der Waals surface area contributed by atoms with E-state index in [1.54, 1.807) is 24.3 Å². The molecule has 0 saturated heterocycles. The minimum Gasteiger partial charge on any atom is -0.480 e. The summed E-state index contributed by atoms with van der Waals surface area (Å²) in [4.78, 5) is 55.5. The molecule has 4 unspecified atom stereocenters. The van der Waals surface area contributed by atoms with E-state index in [4.69, 9.17) is 17.2 Å². The van der Waals surface area contributed by atoms with Crippen molar-refractivity contribution in [2.45, 2.75) is 56.3 Å². The molecule has 4 atom stereocenters. The van der Waals surface area contributed by atoms with Crippen molar-refractivity contribution in [1.82, 2.24) is 16.0 Å². The fourth-order valence-corrected chi connectivity index (χ4v) is 4.58. The lowest BCUT2D eigenvalue weighted by Gasteiger charge is -2.25. The Bertz CT molecular complexity index is 1180. The molecule has 13 heteroatoms. The molecular formula is C29H41N7O5S. The normalized spacial score (nSPS) is 13.6. The molecule has 0 saturated carbocycles. The number of hydrogen-bond acceptors (Lipinski definition) is 7. The lowest BCUT2D eigenvalue weighted by atomic mass is 10.0. The van der Waals surface area contributed by atoms with Gasteiger partial charge in [0.1, 0.15) is 18.1 Å². The zero-order valence-electron chi connectivity index (χ0n) is 23.7. The van der Waals surface area contributed by atoms with Crippen LogP contribution in [0.3, 0.4) is 0 Å². The van der Waals surface area contributed by atoms with Gasteiger partial charge in [0.2, 0.25) is 17.7 Å². The Kier molecular flexibility index (Phi) is 14.9. The van der Waals surface area contributed by atoms with Crippen LogP contribution in [0.4, 0.5) is 0 Å². The smallest absolute Gasteiger partial charge is 0.326 e. The van der Waals surface area contributed by atoms with Crippen LogP contribution in [0, 0.1) is 0 Å². The Hall–Kier alpha value is -4.10. The lowest BCUT2D eigenvalue weighted by Crippen LogP contribution is -2.57. The number of guanidine groups is 1. The molecule has 0 aliphatic rings. The van der Waals surface area contributed by atoms with Gasteiger partial charge in [0.05, 0.1) is 6.04 Å². The molecule has 0 bridgehead atoms. The summed E-state index contributed by atoms with van der Waals surface area (Å²) in [6.45, 7) is 0.224. The quantitative estimate of drug-likeness (QED) is 0.0704. The molecular weight excluding hydrogens is 558 g/mol. The Morgan fingerprint density at radius 3 is 1.86 bits per heavy atom. The largest absolute Gasteiger partial charge is 0.480 e. The van der Waals surface area contributed by atoms with Crippen molar-refractivity contribution in [2.24, 2.45) is 22.2 Å². The second-order valence-corrected chi connectivity index (χ2v) is 10.7. The Morgan fingerprint density at radius 1 is 0.786 bits per heavy atom. The highest BCUT2D eigenvalue weighted by Crippen LogP contribution is 2.09. The molecule has 2 rings (SSSR count). The van der Waals surface area contributed by atoms with Crippen LogP contribution in [0.5, 0.6) is 0 Å². The van der Waals surface area contributed by atoms with Crippen LogP contribution in [-0.4, -0.2) is 77.5 Å². The van der Waals surface area contributed by atoms with Gasteiger partial charge in [-0.3, -0.25) is 19.4 Å². The van der Waals surface area contributed by atoms with E-state index in [0.29, 0.717) is 12.2 Å². The van der Waals surface area contributed by atoms with Crippen molar-refractivity contribution in [3.63, 3.8) is 0 Å². The van der Waals surface area contributed by atoms with Gasteiger partial charge in [-0.1, -0.05) is 60.7 Å². The van der Waals surface area contributed by atoms with E-state index in [1.807, 2.05) is 42.7 Å². The summed E-state index contributed by atoms with van der Waals surface area (Å²) in [7, 11) is 0. The second-order valence-electron chi connectivity index (χ2n) is 9.74. The summed E-state index contributed by atoms with van der Waals surface area (Å²) in [6.07, 6.45) is 2.95. The number of nitrogens with zero attached hydrogens (tertiary/aromatic N) is 1. The van der Waals surface area contributed by atoms with E-state index in [2.05, 4.69) is 20.9 Å². The van der Waals surface area contributed by atoms with Gasteiger partial charge >= 0.3 is 5.97 Å². The number of carbonyl (C=O) groups excluding carboxylic acids is 3. The van der Waals surface area contributed by atoms with Crippen molar-refractivity contribution in [3.05, 3.63) is 71.8 Å². The monoisotopic (exact) mass is 599 g/mol. The maximum Gasteiger partial charge on any atom is 0.326 e. The first kappa shape index (κ1) is 34.1. The minimum atomic E-state index is -1.17. The van der Waals surface area contributed by atoms with Crippen LogP contribution in [0.1, 0.15) is 30.4 Å². The number of carboxylic acid groups (broad SMARTS) is 1. The van der Waals surface area contributed by atoms with Crippen molar-refractivity contribution in [2.75, 3.05) is 18.6 Å². The molecule has 2 aromatic rings. The zero-order valence-corrected chi connectivity index (χ0v) is 24.5. The Balaban J connectivity index is 2.22. The third-order valence-corrected chi connectivity index (χ3v) is 7.00. The lowest BCUT2D eigenvalue weighted by molar-refractivity contribution is -0.142. The van der Waals surface area contributed by atoms with E-state index in [1.165, 1.54) is 11.8 Å². The van der Waals surface area contributed by atoms with E-state index in [9.17, 15) is 24.3 Å². The van der Waals surface area contributed by atoms with Gasteiger partial charge in [0.15, 0.2) is 5.96 Å². The topological polar surface area (TPSA) is 215 Å². The minimum absolute atomic E-state index is 0.0982. The van der Waals surface area contributed by atoms with Gasteiger partial charge in [-0.2, -0.15) is 11.8 Å². The van der Waals surface area contributed by atoms with E-state index in [-0.39, 0.29) is 38.2 Å². The maximum atomic E-state index is 13.5. The molecule has 0 aliphatic carbocycles. The maximum absolute atomic E-state index is 13.5. The van der Waals surface area contributed by atoms with Gasteiger partial charge in [-0.25, -0.2) is 4.79 Å². The highest BCUT2D eigenvalue weighted by atomic mass is 32.2. The summed E-state index contributed by atoms with van der Waals surface area (Å²) in [6, 6.07) is 14.1. The fraction of sp³-hybridized carbons (Fsp3) is 0.414. The number of hydrogen-bond donors (Lipinski definition) is 7. The Morgan fingerprint density at radius 2 is 1.31 bits per heavy atom. The fourth-order valence-electron chi connectivity index (χ4n) is 4.11. The predicted octanol–water partition coefficient (Wildman–Crippen LogP) is 0.145. The molecule has 0 spiro atoms. The number of thioether (sulfide) groups is 1. The zero-order chi connectivity index (χ0) is 30.9. The van der Waals surface area contributed by atoms with Crippen molar-refractivity contribution in [1.29, 1.82) is 0 Å². The first-order chi connectivity index (χ1) is 20.1. The average Bonchev–Trinajstić information content (AvgIpc) is 2.96. The van der Waals surface area contributed by atoms with Crippen LogP contribution in [0.15, 0.2) is 65.7 Å².